The van der Waals surface area contributed by atoms with Crippen molar-refractivity contribution in [2.24, 2.45) is 0 Å². The van der Waals surface area contributed by atoms with Crippen molar-refractivity contribution in [3.05, 3.63) is 57.6 Å². The van der Waals surface area contributed by atoms with Crippen LogP contribution in [-0.4, -0.2) is 37.3 Å². The van der Waals surface area contributed by atoms with Gasteiger partial charge in [0.25, 0.3) is 0 Å². The van der Waals surface area contributed by atoms with Gasteiger partial charge in [-0.15, -0.1) is 11.8 Å². The van der Waals surface area contributed by atoms with Crippen molar-refractivity contribution in [3.63, 3.8) is 0 Å². The SMILES string of the molecule is COc1ccc(CC(=O)N2CCSC2c2cc(Br)ccc2OC)cc1C. The zero-order valence-corrected chi connectivity index (χ0v) is 17.5. The first-order chi connectivity index (χ1) is 12.5. The number of hydrogen-bond donors (Lipinski definition) is 0. The molecule has 1 fully saturated rings. The summed E-state index contributed by atoms with van der Waals surface area (Å²) >= 11 is 5.30. The normalized spacial score (nSPS) is 16.6. The van der Waals surface area contributed by atoms with Crippen molar-refractivity contribution in [1.82, 2.24) is 4.90 Å². The van der Waals surface area contributed by atoms with Crippen molar-refractivity contribution in [3.8, 4) is 11.5 Å². The average molecular weight is 436 g/mol. The van der Waals surface area contributed by atoms with Crippen molar-refractivity contribution < 1.29 is 14.3 Å². The van der Waals surface area contributed by atoms with Crippen molar-refractivity contribution >= 4 is 33.6 Å². The lowest BCUT2D eigenvalue weighted by molar-refractivity contribution is -0.130. The summed E-state index contributed by atoms with van der Waals surface area (Å²) in [6.45, 7) is 2.74. The molecule has 1 aliphatic heterocycles. The number of thioether (sulfide) groups is 1. The predicted octanol–water partition coefficient (Wildman–Crippen LogP) is 4.59. The number of methoxy groups -OCH3 is 2. The second-order valence-corrected chi connectivity index (χ2v) is 8.28. The molecule has 1 saturated heterocycles. The van der Waals surface area contributed by atoms with E-state index in [0.717, 1.165) is 45.0 Å². The maximum absolute atomic E-state index is 13.0. The van der Waals surface area contributed by atoms with Crippen LogP contribution in [0.15, 0.2) is 40.9 Å². The minimum atomic E-state index is -0.0192. The summed E-state index contributed by atoms with van der Waals surface area (Å²) in [5.41, 5.74) is 3.08. The van der Waals surface area contributed by atoms with Crippen molar-refractivity contribution in [2.45, 2.75) is 18.7 Å². The number of amides is 1. The third-order valence-electron chi connectivity index (χ3n) is 4.48. The summed E-state index contributed by atoms with van der Waals surface area (Å²) < 4.78 is 11.8. The van der Waals surface area contributed by atoms with Crippen LogP contribution in [0.25, 0.3) is 0 Å². The van der Waals surface area contributed by atoms with Gasteiger partial charge in [0.1, 0.15) is 16.9 Å². The van der Waals surface area contributed by atoms with Gasteiger partial charge in [-0.2, -0.15) is 0 Å². The average Bonchev–Trinajstić information content (AvgIpc) is 3.11. The van der Waals surface area contributed by atoms with Crippen molar-refractivity contribution in [1.29, 1.82) is 0 Å². The molecule has 3 rings (SSSR count). The molecule has 0 bridgehead atoms. The summed E-state index contributed by atoms with van der Waals surface area (Å²) in [4.78, 5) is 14.9. The molecule has 0 aliphatic carbocycles. The van der Waals surface area contributed by atoms with Gasteiger partial charge in [-0.1, -0.05) is 28.1 Å². The monoisotopic (exact) mass is 435 g/mol. The summed E-state index contributed by atoms with van der Waals surface area (Å²) in [7, 11) is 3.32. The van der Waals surface area contributed by atoms with Gasteiger partial charge in [0.15, 0.2) is 0 Å². The molecule has 0 N–H and O–H groups in total. The summed E-state index contributed by atoms with van der Waals surface area (Å²) in [5, 5.41) is -0.0192. The Morgan fingerprint density at radius 1 is 1.19 bits per heavy atom. The summed E-state index contributed by atoms with van der Waals surface area (Å²) in [6, 6.07) is 11.8. The van der Waals surface area contributed by atoms with Crippen LogP contribution in [0.4, 0.5) is 0 Å². The first-order valence-electron chi connectivity index (χ1n) is 8.41. The van der Waals surface area contributed by atoms with Gasteiger partial charge >= 0.3 is 0 Å². The van der Waals surface area contributed by atoms with E-state index in [4.69, 9.17) is 9.47 Å². The van der Waals surface area contributed by atoms with E-state index in [-0.39, 0.29) is 11.3 Å². The highest BCUT2D eigenvalue weighted by atomic mass is 79.9. The van der Waals surface area contributed by atoms with Gasteiger partial charge in [0.2, 0.25) is 5.91 Å². The lowest BCUT2D eigenvalue weighted by Crippen LogP contribution is -2.31. The molecule has 26 heavy (non-hydrogen) atoms. The van der Waals surface area contributed by atoms with E-state index in [0.29, 0.717) is 6.42 Å². The van der Waals surface area contributed by atoms with E-state index in [1.807, 2.05) is 48.2 Å². The van der Waals surface area contributed by atoms with Crippen LogP contribution in [-0.2, 0) is 11.2 Å². The molecule has 0 saturated carbocycles. The summed E-state index contributed by atoms with van der Waals surface area (Å²) in [6.07, 6.45) is 0.387. The fourth-order valence-corrected chi connectivity index (χ4v) is 4.88. The number of benzene rings is 2. The number of aryl methyl sites for hydroxylation is 1. The molecule has 2 aromatic carbocycles. The molecule has 1 heterocycles. The van der Waals surface area contributed by atoms with Crippen LogP contribution in [0, 0.1) is 6.92 Å². The highest BCUT2D eigenvalue weighted by Crippen LogP contribution is 2.43. The van der Waals surface area contributed by atoms with Gasteiger partial charge in [-0.3, -0.25) is 4.79 Å². The number of halogens is 1. The second-order valence-electron chi connectivity index (χ2n) is 6.18. The lowest BCUT2D eigenvalue weighted by atomic mass is 10.1. The number of carbonyl (C=O) groups excluding carboxylic acids is 1. The Balaban J connectivity index is 1.81. The molecule has 1 unspecified atom stereocenters. The van der Waals surface area contributed by atoms with Gasteiger partial charge in [0, 0.05) is 22.3 Å². The molecule has 0 radical (unpaired) electrons. The third kappa shape index (κ3) is 4.01. The highest BCUT2D eigenvalue weighted by Gasteiger charge is 2.32. The number of carbonyl (C=O) groups is 1. The van der Waals surface area contributed by atoms with Gasteiger partial charge < -0.3 is 14.4 Å². The van der Waals surface area contributed by atoms with Gasteiger partial charge in [0.05, 0.1) is 20.6 Å². The number of rotatable bonds is 5. The number of ether oxygens (including phenoxy) is 2. The molecule has 1 atom stereocenters. The molecular formula is C20H22BrNO3S. The zero-order valence-electron chi connectivity index (χ0n) is 15.1. The predicted molar refractivity (Wildman–Crippen MR) is 109 cm³/mol. The van der Waals surface area contributed by atoms with Gasteiger partial charge in [-0.05, 0) is 42.3 Å². The maximum atomic E-state index is 13.0. The molecule has 6 heteroatoms. The fraction of sp³-hybridized carbons (Fsp3) is 0.350. The number of hydrogen-bond acceptors (Lipinski definition) is 4. The van der Waals surface area contributed by atoms with Crippen LogP contribution in [0.5, 0.6) is 11.5 Å². The van der Waals surface area contributed by atoms with E-state index >= 15 is 0 Å². The molecule has 138 valence electrons. The van der Waals surface area contributed by atoms with Crippen LogP contribution >= 0.6 is 27.7 Å². The van der Waals surface area contributed by atoms with E-state index in [1.165, 1.54) is 0 Å². The third-order valence-corrected chi connectivity index (χ3v) is 6.22. The molecule has 0 spiro atoms. The second kappa shape index (κ2) is 8.35. The molecular weight excluding hydrogens is 414 g/mol. The summed E-state index contributed by atoms with van der Waals surface area (Å²) in [5.74, 6) is 2.71. The Morgan fingerprint density at radius 3 is 2.62 bits per heavy atom. The smallest absolute Gasteiger partial charge is 0.228 e. The zero-order chi connectivity index (χ0) is 18.7. The quantitative estimate of drug-likeness (QED) is 0.687. The fourth-order valence-electron chi connectivity index (χ4n) is 3.21. The Bertz CT molecular complexity index is 812. The first-order valence-corrected chi connectivity index (χ1v) is 10.3. The van der Waals surface area contributed by atoms with Crippen molar-refractivity contribution in [2.75, 3.05) is 26.5 Å². The molecule has 4 nitrogen and oxygen atoms in total. The van der Waals surface area contributed by atoms with E-state index in [2.05, 4.69) is 15.9 Å². The Labute approximate surface area is 167 Å². The maximum Gasteiger partial charge on any atom is 0.228 e. The molecule has 2 aromatic rings. The van der Waals surface area contributed by atoms with E-state index < -0.39 is 0 Å². The van der Waals surface area contributed by atoms with Crippen LogP contribution in [0.3, 0.4) is 0 Å². The minimum Gasteiger partial charge on any atom is -0.496 e. The van der Waals surface area contributed by atoms with Gasteiger partial charge in [-0.25, -0.2) is 0 Å². The standard InChI is InChI=1S/C20H22BrNO3S/c1-13-10-14(4-6-17(13)24-2)11-19(23)22-8-9-26-20(22)16-12-15(21)5-7-18(16)25-3/h4-7,10,12,20H,8-9,11H2,1-3H3. The highest BCUT2D eigenvalue weighted by molar-refractivity contribution is 9.10. The number of nitrogens with zero attached hydrogens (tertiary/aromatic N) is 1. The van der Waals surface area contributed by atoms with E-state index in [1.54, 1.807) is 26.0 Å². The van der Waals surface area contributed by atoms with Crippen LogP contribution in [0.1, 0.15) is 22.1 Å². The first kappa shape index (κ1) is 19.1. The Hall–Kier alpha value is -1.66. The van der Waals surface area contributed by atoms with E-state index in [9.17, 15) is 4.79 Å². The van der Waals surface area contributed by atoms with Crippen LogP contribution in [0.2, 0.25) is 0 Å². The minimum absolute atomic E-state index is 0.0192. The largest absolute Gasteiger partial charge is 0.496 e. The Morgan fingerprint density at radius 2 is 1.92 bits per heavy atom. The molecule has 1 aliphatic rings. The topological polar surface area (TPSA) is 38.8 Å². The molecule has 0 aromatic heterocycles. The Kier molecular flexibility index (Phi) is 6.14. The van der Waals surface area contributed by atoms with Crippen LogP contribution < -0.4 is 9.47 Å². The molecule has 1 amide bonds. The lowest BCUT2D eigenvalue weighted by Gasteiger charge is -2.26.